The summed E-state index contributed by atoms with van der Waals surface area (Å²) in [7, 11) is 7.44. The lowest BCUT2D eigenvalue weighted by molar-refractivity contribution is -0.191. The Balaban J connectivity index is 2.74. The van der Waals surface area contributed by atoms with Gasteiger partial charge in [-0.1, -0.05) is 18.7 Å². The number of rotatable bonds is 9. The van der Waals surface area contributed by atoms with E-state index < -0.39 is 30.8 Å². The molecule has 2 N–H and O–H groups in total. The Morgan fingerprint density at radius 3 is 2.70 bits per heavy atom. The van der Waals surface area contributed by atoms with Crippen molar-refractivity contribution in [2.45, 2.75) is 37.7 Å². The van der Waals surface area contributed by atoms with E-state index in [2.05, 4.69) is 0 Å². The topological polar surface area (TPSA) is 86.0 Å². The molecular weight excluding hydrogens is 300 g/mol. The van der Waals surface area contributed by atoms with Crippen LogP contribution in [0.4, 0.5) is 0 Å². The van der Waals surface area contributed by atoms with E-state index in [-0.39, 0.29) is 12.8 Å². The Bertz CT molecular complexity index is 338. The van der Waals surface area contributed by atoms with Gasteiger partial charge in [-0.25, -0.2) is 0 Å². The Morgan fingerprint density at radius 2 is 2.15 bits per heavy atom. The fraction of sp³-hybridized carbons (Fsp3) is 1.00. The van der Waals surface area contributed by atoms with Gasteiger partial charge in [0, 0.05) is 19.7 Å². The molecule has 0 aromatic heterocycles. The Labute approximate surface area is 126 Å². The van der Waals surface area contributed by atoms with Crippen molar-refractivity contribution in [3.63, 3.8) is 0 Å². The summed E-state index contributed by atoms with van der Waals surface area (Å²) in [5.41, 5.74) is 5.43. The SMILES string of the molecule is [B][C@@H]1O[C@H](COC)[C@H](OP([O-])(=S)CC)C1OCCCN. The number of methoxy groups -OCH3 is 1. The first-order valence-electron chi connectivity index (χ1n) is 6.65. The molecule has 2 radical (unpaired) electrons. The third-order valence-corrected chi connectivity index (χ3v) is 5.38. The number of nitrogens with two attached hydrogens (primary N) is 1. The highest BCUT2D eigenvalue weighted by Crippen LogP contribution is 2.42. The van der Waals surface area contributed by atoms with Crippen LogP contribution in [0, 0.1) is 0 Å². The third-order valence-electron chi connectivity index (χ3n) is 3.01. The normalized spacial score (nSPS) is 33.2. The predicted molar refractivity (Wildman–Crippen MR) is 79.4 cm³/mol. The summed E-state index contributed by atoms with van der Waals surface area (Å²) in [6.07, 6.45) is -0.593. The highest BCUT2D eigenvalue weighted by molar-refractivity contribution is 8.08. The van der Waals surface area contributed by atoms with Crippen LogP contribution in [0.5, 0.6) is 0 Å². The van der Waals surface area contributed by atoms with Crippen molar-refractivity contribution in [1.82, 2.24) is 0 Å². The predicted octanol–water partition coefficient (Wildman–Crippen LogP) is -0.665. The number of ether oxygens (including phenoxy) is 3. The van der Waals surface area contributed by atoms with Crippen LogP contribution in [-0.4, -0.2) is 65.2 Å². The third kappa shape index (κ3) is 5.35. The second-order valence-corrected chi connectivity index (χ2v) is 8.30. The second-order valence-electron chi connectivity index (χ2n) is 4.57. The molecule has 1 saturated heterocycles. The first-order valence-corrected chi connectivity index (χ1v) is 9.47. The molecule has 116 valence electrons. The fourth-order valence-corrected chi connectivity index (χ4v) is 3.01. The zero-order valence-electron chi connectivity index (χ0n) is 11.9. The van der Waals surface area contributed by atoms with Crippen LogP contribution >= 0.6 is 6.49 Å². The van der Waals surface area contributed by atoms with E-state index in [4.69, 9.17) is 44.1 Å². The van der Waals surface area contributed by atoms with Crippen molar-refractivity contribution in [1.29, 1.82) is 0 Å². The monoisotopic (exact) mass is 322 g/mol. The molecular formula is C11H22BNO5PS-. The van der Waals surface area contributed by atoms with Gasteiger partial charge in [0.15, 0.2) is 0 Å². The van der Waals surface area contributed by atoms with Crippen molar-refractivity contribution in [3.05, 3.63) is 0 Å². The van der Waals surface area contributed by atoms with Gasteiger partial charge in [0.1, 0.15) is 26.2 Å². The van der Waals surface area contributed by atoms with Gasteiger partial charge < -0.3 is 29.4 Å². The summed E-state index contributed by atoms with van der Waals surface area (Å²) >= 11 is 4.97. The van der Waals surface area contributed by atoms with Gasteiger partial charge in [0.2, 0.25) is 0 Å². The molecule has 1 rings (SSSR count). The minimum atomic E-state index is -3.10. The largest absolute Gasteiger partial charge is 0.801 e. The standard InChI is InChI=1S/C11H23BNO5PS/c1-3-19(14,20)18-9-8(7-15-2)17-11(12)10(9)16-6-4-5-13/h8-11H,3-7,13H2,1-2H3,(H,14,20)/p-1/t8-,9+,10?,11-,19?/m1/s1. The molecule has 9 heteroatoms. The average molecular weight is 322 g/mol. The molecule has 1 aliphatic heterocycles. The highest BCUT2D eigenvalue weighted by Gasteiger charge is 2.44. The number of hydrogen-bond acceptors (Lipinski definition) is 7. The molecule has 6 nitrogen and oxygen atoms in total. The zero-order valence-corrected chi connectivity index (χ0v) is 13.6. The minimum absolute atomic E-state index is 0.267. The maximum absolute atomic E-state index is 12.1. The molecule has 0 amide bonds. The van der Waals surface area contributed by atoms with Gasteiger partial charge in [-0.2, -0.15) is 0 Å². The summed E-state index contributed by atoms with van der Waals surface area (Å²) in [5, 5.41) is 0. The molecule has 0 aliphatic carbocycles. The van der Waals surface area contributed by atoms with Gasteiger partial charge in [-0.05, 0) is 25.6 Å². The van der Waals surface area contributed by atoms with Crippen LogP contribution < -0.4 is 10.6 Å². The van der Waals surface area contributed by atoms with E-state index in [1.54, 1.807) is 14.0 Å². The summed E-state index contributed by atoms with van der Waals surface area (Å²) in [6, 6.07) is -0.662. The lowest BCUT2D eigenvalue weighted by atomic mass is 9.93. The second kappa shape index (κ2) is 8.81. The molecule has 0 saturated carbocycles. The van der Waals surface area contributed by atoms with Crippen molar-refractivity contribution >= 4 is 26.1 Å². The van der Waals surface area contributed by atoms with Crippen LogP contribution in [0.2, 0.25) is 0 Å². The molecule has 20 heavy (non-hydrogen) atoms. The molecule has 0 bridgehead atoms. The summed E-state index contributed by atoms with van der Waals surface area (Å²) in [5.74, 6) is 0. The lowest BCUT2D eigenvalue weighted by Crippen LogP contribution is -2.40. The first-order chi connectivity index (χ1) is 9.45. The molecule has 1 heterocycles. The summed E-state index contributed by atoms with van der Waals surface area (Å²) < 4.78 is 21.8. The van der Waals surface area contributed by atoms with Crippen molar-refractivity contribution in [2.75, 3.05) is 33.0 Å². The molecule has 5 atom stereocenters. The molecule has 0 aromatic carbocycles. The Hall–Kier alpha value is 0.475. The molecule has 2 unspecified atom stereocenters. The van der Waals surface area contributed by atoms with E-state index in [0.29, 0.717) is 19.6 Å². The van der Waals surface area contributed by atoms with Crippen LogP contribution in [0.25, 0.3) is 0 Å². The van der Waals surface area contributed by atoms with Gasteiger partial charge in [-0.15, -0.1) is 0 Å². The quantitative estimate of drug-likeness (QED) is 0.342. The number of hydrogen-bond donors (Lipinski definition) is 1. The van der Waals surface area contributed by atoms with Crippen molar-refractivity contribution in [3.8, 4) is 0 Å². The van der Waals surface area contributed by atoms with Crippen molar-refractivity contribution < 1.29 is 23.6 Å². The van der Waals surface area contributed by atoms with Gasteiger partial charge in [0.05, 0.1) is 6.61 Å². The maximum Gasteiger partial charge on any atom is 0.117 e. The lowest BCUT2D eigenvalue weighted by Gasteiger charge is -2.34. The summed E-state index contributed by atoms with van der Waals surface area (Å²) in [6.45, 7) is -0.151. The maximum atomic E-state index is 12.1. The van der Waals surface area contributed by atoms with E-state index in [1.165, 1.54) is 0 Å². The summed E-state index contributed by atoms with van der Waals surface area (Å²) in [4.78, 5) is 12.1. The fourth-order valence-electron chi connectivity index (χ4n) is 1.93. The molecule has 0 aromatic rings. The van der Waals surface area contributed by atoms with Crippen LogP contribution in [0.15, 0.2) is 0 Å². The van der Waals surface area contributed by atoms with Gasteiger partial charge in [0.25, 0.3) is 0 Å². The van der Waals surface area contributed by atoms with E-state index in [0.717, 1.165) is 0 Å². The highest BCUT2D eigenvalue weighted by atomic mass is 32.5. The van der Waals surface area contributed by atoms with E-state index in [1.807, 2.05) is 0 Å². The van der Waals surface area contributed by atoms with Gasteiger partial charge >= 0.3 is 0 Å². The minimum Gasteiger partial charge on any atom is -0.801 e. The van der Waals surface area contributed by atoms with Crippen LogP contribution in [0.3, 0.4) is 0 Å². The first kappa shape index (κ1) is 18.5. The Kier molecular flexibility index (Phi) is 8.16. The molecule has 1 fully saturated rings. The Morgan fingerprint density at radius 1 is 1.45 bits per heavy atom. The van der Waals surface area contributed by atoms with Gasteiger partial charge in [-0.3, -0.25) is 0 Å². The van der Waals surface area contributed by atoms with Crippen LogP contribution in [0.1, 0.15) is 13.3 Å². The zero-order chi connectivity index (χ0) is 15.2. The molecule has 0 spiro atoms. The molecule has 1 aliphatic rings. The van der Waals surface area contributed by atoms with E-state index in [9.17, 15) is 4.89 Å². The smallest absolute Gasteiger partial charge is 0.117 e. The van der Waals surface area contributed by atoms with Crippen molar-refractivity contribution in [2.24, 2.45) is 5.73 Å². The average Bonchev–Trinajstić information content (AvgIpc) is 2.67. The van der Waals surface area contributed by atoms with Crippen LogP contribution in [-0.2, 0) is 30.5 Å². The van der Waals surface area contributed by atoms with E-state index >= 15 is 0 Å².